The third-order valence-electron chi connectivity index (χ3n) is 6.91. The number of hydrogen-bond donors (Lipinski definition) is 2. The number of benzene rings is 2. The third kappa shape index (κ3) is 4.34. The quantitative estimate of drug-likeness (QED) is 0.334. The van der Waals surface area contributed by atoms with Crippen LogP contribution in [0.3, 0.4) is 0 Å². The van der Waals surface area contributed by atoms with Crippen LogP contribution in [0.2, 0.25) is 0 Å². The van der Waals surface area contributed by atoms with Crippen LogP contribution in [0, 0.1) is 13.8 Å². The molecule has 0 aliphatic carbocycles. The maximum atomic E-state index is 12.0. The summed E-state index contributed by atoms with van der Waals surface area (Å²) in [6.07, 6.45) is 1.79. The summed E-state index contributed by atoms with van der Waals surface area (Å²) in [6, 6.07) is 23.0. The molecule has 0 spiro atoms. The predicted molar refractivity (Wildman–Crippen MR) is 151 cm³/mol. The average Bonchev–Trinajstić information content (AvgIpc) is 3.39. The van der Waals surface area contributed by atoms with Gasteiger partial charge in [0.15, 0.2) is 5.11 Å². The lowest BCUT2D eigenvalue weighted by Gasteiger charge is -2.28. The normalized spacial score (nSPS) is 17.1. The molecule has 5 rings (SSSR count). The summed E-state index contributed by atoms with van der Waals surface area (Å²) in [5, 5.41) is 14.0. The van der Waals surface area contributed by atoms with Crippen LogP contribution >= 0.6 is 12.2 Å². The Morgan fingerprint density at radius 2 is 1.73 bits per heavy atom. The van der Waals surface area contributed by atoms with Crippen LogP contribution in [0.5, 0.6) is 0 Å². The average molecular weight is 512 g/mol. The zero-order valence-corrected chi connectivity index (χ0v) is 22.0. The van der Waals surface area contributed by atoms with Crippen molar-refractivity contribution in [3.8, 4) is 5.69 Å². The summed E-state index contributed by atoms with van der Waals surface area (Å²) in [5.74, 6) is -0.956. The Bertz CT molecular complexity index is 1460. The Morgan fingerprint density at radius 3 is 2.38 bits per heavy atom. The predicted octanol–water partition coefficient (Wildman–Crippen LogP) is 5.43. The fraction of sp³-hybridized carbons (Fsp3) is 0.207. The highest BCUT2D eigenvalue weighted by molar-refractivity contribution is 7.80. The van der Waals surface area contributed by atoms with Crippen molar-refractivity contribution >= 4 is 34.7 Å². The highest BCUT2D eigenvalue weighted by Gasteiger charge is 2.42. The maximum Gasteiger partial charge on any atom is 0.337 e. The number of pyridine rings is 1. The van der Waals surface area contributed by atoms with Gasteiger partial charge in [-0.15, -0.1) is 0 Å². The van der Waals surface area contributed by atoms with E-state index in [-0.39, 0.29) is 17.6 Å². The number of carboxylic acids is 1. The number of aromatic carboxylic acids is 1. The second-order valence-electron chi connectivity index (χ2n) is 9.39. The summed E-state index contributed by atoms with van der Waals surface area (Å²) in [7, 11) is 4.03. The first-order chi connectivity index (χ1) is 17.8. The van der Waals surface area contributed by atoms with Crippen molar-refractivity contribution in [2.24, 2.45) is 0 Å². The lowest BCUT2D eigenvalue weighted by atomic mass is 9.96. The van der Waals surface area contributed by atoms with Gasteiger partial charge in [-0.05, 0) is 86.2 Å². The molecule has 37 heavy (non-hydrogen) atoms. The molecule has 1 fully saturated rings. The van der Waals surface area contributed by atoms with E-state index in [0.717, 1.165) is 34.0 Å². The van der Waals surface area contributed by atoms with Crippen molar-refractivity contribution in [3.05, 3.63) is 107 Å². The van der Waals surface area contributed by atoms with Crippen LogP contribution in [-0.4, -0.2) is 39.8 Å². The topological polar surface area (TPSA) is 73.6 Å². The van der Waals surface area contributed by atoms with Crippen molar-refractivity contribution in [1.82, 2.24) is 14.9 Å². The second kappa shape index (κ2) is 9.71. The van der Waals surface area contributed by atoms with Crippen LogP contribution in [-0.2, 0) is 0 Å². The molecule has 0 unspecified atom stereocenters. The van der Waals surface area contributed by atoms with Crippen molar-refractivity contribution < 1.29 is 9.90 Å². The molecule has 2 atom stereocenters. The van der Waals surface area contributed by atoms with Gasteiger partial charge in [0.2, 0.25) is 0 Å². The van der Waals surface area contributed by atoms with Crippen molar-refractivity contribution in [1.29, 1.82) is 0 Å². The minimum absolute atomic E-state index is 0.189. The number of nitrogens with one attached hydrogen (secondary N) is 1. The van der Waals surface area contributed by atoms with Gasteiger partial charge >= 0.3 is 5.97 Å². The lowest BCUT2D eigenvalue weighted by molar-refractivity contribution is 0.0697. The summed E-state index contributed by atoms with van der Waals surface area (Å²) in [4.78, 5) is 20.9. The summed E-state index contributed by atoms with van der Waals surface area (Å²) >= 11 is 5.88. The molecular formula is C29H29N5O2S. The van der Waals surface area contributed by atoms with E-state index in [1.165, 1.54) is 0 Å². The molecule has 1 saturated heterocycles. The zero-order valence-electron chi connectivity index (χ0n) is 21.2. The molecule has 3 heterocycles. The molecule has 2 aromatic carbocycles. The van der Waals surface area contributed by atoms with Crippen LogP contribution in [0.1, 0.15) is 45.1 Å². The first kappa shape index (κ1) is 24.5. The number of aryl methyl sites for hydroxylation is 1. The number of thiocarbonyl (C=S) groups is 1. The molecule has 8 heteroatoms. The van der Waals surface area contributed by atoms with Gasteiger partial charge in [0, 0.05) is 43.1 Å². The van der Waals surface area contributed by atoms with Crippen LogP contribution in [0.25, 0.3) is 5.69 Å². The smallest absolute Gasteiger partial charge is 0.337 e. The Hall–Kier alpha value is -4.17. The van der Waals surface area contributed by atoms with Crippen LogP contribution in [0.4, 0.5) is 11.4 Å². The largest absolute Gasteiger partial charge is 0.478 e. The van der Waals surface area contributed by atoms with Crippen molar-refractivity contribution in [2.75, 3.05) is 23.9 Å². The molecular weight excluding hydrogens is 482 g/mol. The molecule has 2 N–H and O–H groups in total. The van der Waals surface area contributed by atoms with Gasteiger partial charge in [0.1, 0.15) is 0 Å². The van der Waals surface area contributed by atoms with Gasteiger partial charge in [-0.2, -0.15) is 0 Å². The van der Waals surface area contributed by atoms with E-state index in [0.29, 0.717) is 10.8 Å². The van der Waals surface area contributed by atoms with E-state index in [1.54, 1.807) is 18.3 Å². The summed E-state index contributed by atoms with van der Waals surface area (Å²) in [6.45, 7) is 4.03. The molecule has 4 aromatic rings. The Morgan fingerprint density at radius 1 is 1.03 bits per heavy atom. The Labute approximate surface area is 222 Å². The van der Waals surface area contributed by atoms with E-state index < -0.39 is 5.97 Å². The van der Waals surface area contributed by atoms with Gasteiger partial charge in [0.25, 0.3) is 0 Å². The van der Waals surface area contributed by atoms with E-state index >= 15 is 0 Å². The number of carboxylic acid groups (broad SMARTS) is 1. The van der Waals surface area contributed by atoms with Gasteiger partial charge in [0.05, 0.1) is 29.0 Å². The van der Waals surface area contributed by atoms with Crippen LogP contribution in [0.15, 0.2) is 79.0 Å². The summed E-state index contributed by atoms with van der Waals surface area (Å²) in [5.41, 5.74) is 6.82. The van der Waals surface area contributed by atoms with Gasteiger partial charge in [-0.1, -0.05) is 18.2 Å². The van der Waals surface area contributed by atoms with Crippen molar-refractivity contribution in [3.63, 3.8) is 0 Å². The SMILES string of the molecule is Cc1cc([C@H]2[C@@H](c3ccccn3)NC(=S)N2c2ccc(N(C)C)cc2)c(C)n1-c1ccccc1C(=O)O. The van der Waals surface area contributed by atoms with Gasteiger partial charge < -0.3 is 24.8 Å². The molecule has 188 valence electrons. The minimum Gasteiger partial charge on any atom is -0.478 e. The molecule has 0 radical (unpaired) electrons. The second-order valence-corrected chi connectivity index (χ2v) is 9.78. The number of carbonyl (C=O) groups is 1. The number of nitrogens with zero attached hydrogens (tertiary/aromatic N) is 4. The fourth-order valence-electron chi connectivity index (χ4n) is 5.17. The maximum absolute atomic E-state index is 12.0. The highest BCUT2D eigenvalue weighted by atomic mass is 32.1. The first-order valence-corrected chi connectivity index (χ1v) is 12.5. The fourth-order valence-corrected chi connectivity index (χ4v) is 5.51. The monoisotopic (exact) mass is 511 g/mol. The van der Waals surface area contributed by atoms with E-state index in [9.17, 15) is 9.90 Å². The molecule has 0 saturated carbocycles. The zero-order chi connectivity index (χ0) is 26.3. The molecule has 1 aliphatic rings. The lowest BCUT2D eigenvalue weighted by Crippen LogP contribution is -2.29. The summed E-state index contributed by atoms with van der Waals surface area (Å²) < 4.78 is 2.02. The van der Waals surface area contributed by atoms with Gasteiger partial charge in [-0.25, -0.2) is 4.79 Å². The molecule has 0 bridgehead atoms. The molecule has 1 aliphatic heterocycles. The number of rotatable bonds is 6. The van der Waals surface area contributed by atoms with E-state index in [4.69, 9.17) is 12.2 Å². The molecule has 2 aromatic heterocycles. The minimum atomic E-state index is -0.956. The molecule has 0 amide bonds. The van der Waals surface area contributed by atoms with E-state index in [1.807, 2.05) is 62.8 Å². The Balaban J connectivity index is 1.68. The van der Waals surface area contributed by atoms with E-state index in [2.05, 4.69) is 50.4 Å². The first-order valence-electron chi connectivity index (χ1n) is 12.1. The standard InChI is InChI=1S/C29H29N5O2S/c1-18-17-23(19(2)33(18)25-11-6-5-9-22(25)28(35)36)27-26(24-10-7-8-16-30-24)31-29(37)34(27)21-14-12-20(13-15-21)32(3)4/h5-17,26-27H,1-4H3,(H,31,37)(H,35,36)/t26-,27+/m1/s1. The van der Waals surface area contributed by atoms with Crippen LogP contribution < -0.4 is 15.1 Å². The number of hydrogen-bond acceptors (Lipinski definition) is 4. The Kier molecular flexibility index (Phi) is 6.43. The van der Waals surface area contributed by atoms with Gasteiger partial charge in [-0.3, -0.25) is 4.98 Å². The third-order valence-corrected chi connectivity index (χ3v) is 7.22. The van der Waals surface area contributed by atoms with Crippen molar-refractivity contribution in [2.45, 2.75) is 25.9 Å². The highest BCUT2D eigenvalue weighted by Crippen LogP contribution is 2.44. The number of aromatic nitrogens is 2. The number of anilines is 2. The number of para-hydroxylation sites is 1. The molecule has 7 nitrogen and oxygen atoms in total.